The van der Waals surface area contributed by atoms with Gasteiger partial charge in [-0.1, -0.05) is 73.1 Å². The first kappa shape index (κ1) is 55.8. The Bertz CT molecular complexity index is 2030. The Hall–Kier alpha value is -2.90. The first-order chi connectivity index (χ1) is 33.7. The van der Waals surface area contributed by atoms with E-state index in [-0.39, 0.29) is 49.0 Å². The van der Waals surface area contributed by atoms with Crippen LogP contribution in [0.2, 0.25) is 0 Å². The van der Waals surface area contributed by atoms with Gasteiger partial charge < -0.3 is 64.9 Å². The van der Waals surface area contributed by atoms with E-state index >= 15 is 0 Å². The quantitative estimate of drug-likeness (QED) is 0.115. The summed E-state index contributed by atoms with van der Waals surface area (Å²) in [5.74, 6) is -0.476. The molecule has 7 rings (SSSR count). The van der Waals surface area contributed by atoms with E-state index < -0.39 is 104 Å². The van der Waals surface area contributed by atoms with Gasteiger partial charge in [0.15, 0.2) is 0 Å². The van der Waals surface area contributed by atoms with Crippen molar-refractivity contribution in [2.24, 2.45) is 28.2 Å². The van der Waals surface area contributed by atoms with Crippen molar-refractivity contribution < 1.29 is 69.7 Å². The maximum atomic E-state index is 13.9. The lowest BCUT2D eigenvalue weighted by molar-refractivity contribution is -0.190. The average Bonchev–Trinajstić information content (AvgIpc) is 3.59. The lowest BCUT2D eigenvalue weighted by Gasteiger charge is -2.50. The number of carbonyl (C=O) groups excluding carboxylic acids is 1. The van der Waals surface area contributed by atoms with Crippen molar-refractivity contribution in [2.75, 3.05) is 6.54 Å². The zero-order valence-corrected chi connectivity index (χ0v) is 42.7. The van der Waals surface area contributed by atoms with Crippen LogP contribution in [0.3, 0.4) is 0 Å². The van der Waals surface area contributed by atoms with Crippen LogP contribution >= 0.6 is 0 Å². The molecule has 15 heteroatoms. The molecule has 9 N–H and O–H groups in total. The van der Waals surface area contributed by atoms with Gasteiger partial charge in [0.05, 0.1) is 61.4 Å². The summed E-state index contributed by atoms with van der Waals surface area (Å²) in [6, 6.07) is 0. The van der Waals surface area contributed by atoms with Crippen molar-refractivity contribution in [3.05, 3.63) is 70.9 Å². The van der Waals surface area contributed by atoms with Gasteiger partial charge in [0.1, 0.15) is 42.7 Å². The Morgan fingerprint density at radius 3 is 2.20 bits per heavy atom. The van der Waals surface area contributed by atoms with Crippen molar-refractivity contribution in [1.29, 1.82) is 0 Å². The highest BCUT2D eigenvalue weighted by Crippen LogP contribution is 2.53. The molecule has 0 saturated carbocycles. The predicted molar refractivity (Wildman–Crippen MR) is 268 cm³/mol. The van der Waals surface area contributed by atoms with Crippen LogP contribution in [0, 0.1) is 23.2 Å². The van der Waals surface area contributed by atoms with Crippen LogP contribution in [-0.4, -0.2) is 162 Å². The van der Waals surface area contributed by atoms with E-state index in [1.54, 1.807) is 19.1 Å². The first-order valence-electron chi connectivity index (χ1n) is 26.6. The maximum absolute atomic E-state index is 13.9. The summed E-state index contributed by atoms with van der Waals surface area (Å²) >= 11 is 0. The molecule has 6 heterocycles. The summed E-state index contributed by atoms with van der Waals surface area (Å²) in [6.45, 7) is 15.2. The molecule has 9 bridgehead atoms. The minimum Gasteiger partial charge on any atom is -0.458 e. The third kappa shape index (κ3) is 13.7. The summed E-state index contributed by atoms with van der Waals surface area (Å²) < 4.78 is 25.0. The molecule has 0 aromatic carbocycles. The molecule has 3 saturated heterocycles. The molecule has 398 valence electrons. The second-order valence-electron chi connectivity index (χ2n) is 22.5. The number of aliphatic hydroxyl groups is 9. The Morgan fingerprint density at radius 1 is 0.704 bits per heavy atom. The van der Waals surface area contributed by atoms with Gasteiger partial charge in [-0.25, -0.2) is 0 Å². The van der Waals surface area contributed by atoms with Crippen LogP contribution < -0.4 is 0 Å². The van der Waals surface area contributed by atoms with Gasteiger partial charge in [0.2, 0.25) is 0 Å². The predicted octanol–water partition coefficient (Wildman–Crippen LogP) is 4.94. The molecule has 0 radical (unpaired) electrons. The largest absolute Gasteiger partial charge is 0.458 e. The Balaban J connectivity index is 1.25. The number of hydrogen-bond donors (Lipinski definition) is 9. The Kier molecular flexibility index (Phi) is 19.4. The highest BCUT2D eigenvalue weighted by molar-refractivity contribution is 5.92. The molecule has 20 unspecified atom stereocenters. The van der Waals surface area contributed by atoms with Gasteiger partial charge in [0.25, 0.3) is 0 Å². The number of esters is 1. The van der Waals surface area contributed by atoms with Crippen molar-refractivity contribution in [3.63, 3.8) is 0 Å². The molecule has 3 fully saturated rings. The number of aliphatic hydroxyl groups excluding tert-OH is 9. The molecule has 1 aliphatic carbocycles. The average molecular weight is 996 g/mol. The minimum atomic E-state index is -1.49. The standard InChI is InChI=1S/C56H85NO14/c1-30-9-8-12-48-56(6)36(19-20-57-48)24-35-25-39-27-41(59)51(64)44(68-39)11-7-10-31(2)22-43(61)55-54(67)53(66)47(71-55)29-49(62)69-38(21-32(3)13-15-33(4)40(56)26-35)23-34(5)50(63)46-28-42(60)52(65)45(70-46)18-17-37(58)16-14-30/h9,14-16,23,26,32,36-47,50-55,58-61,63-67H,2,7-8,10-13,17-22,24-25,27-29H2,1,3-6H3. The Labute approximate surface area is 420 Å². The molecule has 6 aliphatic heterocycles. The fourth-order valence-electron chi connectivity index (χ4n) is 12.6. The van der Waals surface area contributed by atoms with Crippen LogP contribution in [0.15, 0.2) is 75.9 Å². The summed E-state index contributed by atoms with van der Waals surface area (Å²) in [5.41, 5.74) is 5.42. The van der Waals surface area contributed by atoms with Gasteiger partial charge in [-0.05, 0) is 128 Å². The topological polar surface area (TPSA) is 248 Å². The van der Waals surface area contributed by atoms with Gasteiger partial charge >= 0.3 is 5.97 Å². The fraction of sp³-hybridized carbons (Fsp3) is 0.750. The van der Waals surface area contributed by atoms with Crippen molar-refractivity contribution >= 4 is 11.7 Å². The molecule has 71 heavy (non-hydrogen) atoms. The van der Waals surface area contributed by atoms with Crippen LogP contribution in [0.25, 0.3) is 0 Å². The number of hydrogen-bond acceptors (Lipinski definition) is 15. The van der Waals surface area contributed by atoms with Gasteiger partial charge in [0, 0.05) is 36.4 Å². The van der Waals surface area contributed by atoms with Crippen molar-refractivity contribution in [3.8, 4) is 0 Å². The molecular formula is C56H85NO14. The summed E-state index contributed by atoms with van der Waals surface area (Å²) in [6.07, 6.45) is 2.24. The van der Waals surface area contributed by atoms with E-state index in [0.29, 0.717) is 62.0 Å². The number of allylic oxidation sites excluding steroid dienone is 6. The minimum absolute atomic E-state index is 0.00461. The highest BCUT2D eigenvalue weighted by atomic mass is 16.6. The zero-order valence-electron chi connectivity index (χ0n) is 42.7. The molecule has 0 amide bonds. The SMILES string of the molecule is C=C1CCCC2OC(CC3=CC4C(C)=CCC(C)CC(C=C(C)C(O)C5CC(O)C(O)C(CCC(O)C=CC(C)=CCCC6=NCCC(C3)C64C)O5)OC(=O)CC3OC(C(O)C1)C(O)C3O)CC(O)C2O. The van der Waals surface area contributed by atoms with E-state index in [1.165, 1.54) is 16.9 Å². The third-order valence-corrected chi connectivity index (χ3v) is 16.9. The second kappa shape index (κ2) is 24.6. The number of rotatable bonds is 0. The molecule has 0 spiro atoms. The maximum Gasteiger partial charge on any atom is 0.309 e. The number of aliphatic imine (C=N–C) groups is 1. The van der Waals surface area contributed by atoms with Crippen molar-refractivity contribution in [1.82, 2.24) is 0 Å². The number of nitrogens with zero attached hydrogens (tertiary/aromatic N) is 1. The van der Waals surface area contributed by atoms with Gasteiger partial charge in [-0.15, -0.1) is 0 Å². The fourth-order valence-corrected chi connectivity index (χ4v) is 12.6. The highest BCUT2D eigenvalue weighted by Gasteiger charge is 2.50. The first-order valence-corrected chi connectivity index (χ1v) is 26.6. The Morgan fingerprint density at radius 2 is 1.44 bits per heavy atom. The summed E-state index contributed by atoms with van der Waals surface area (Å²) in [4.78, 5) is 19.1. The van der Waals surface area contributed by atoms with Gasteiger partial charge in [-0.2, -0.15) is 0 Å². The molecule has 0 aromatic heterocycles. The number of ether oxygens (including phenoxy) is 4. The van der Waals surface area contributed by atoms with Crippen LogP contribution in [0.5, 0.6) is 0 Å². The lowest BCUT2D eigenvalue weighted by Crippen LogP contribution is -2.51. The zero-order chi connectivity index (χ0) is 51.3. The lowest BCUT2D eigenvalue weighted by atomic mass is 9.55. The molecule has 15 nitrogen and oxygen atoms in total. The molecule has 0 aromatic rings. The molecular weight excluding hydrogens is 911 g/mol. The van der Waals surface area contributed by atoms with E-state index in [4.69, 9.17) is 23.9 Å². The summed E-state index contributed by atoms with van der Waals surface area (Å²) in [5, 5.41) is 100. The van der Waals surface area contributed by atoms with E-state index in [2.05, 4.69) is 45.6 Å². The monoisotopic (exact) mass is 996 g/mol. The van der Waals surface area contributed by atoms with Crippen molar-refractivity contribution in [2.45, 2.75) is 235 Å². The van der Waals surface area contributed by atoms with E-state index in [9.17, 15) is 50.8 Å². The van der Waals surface area contributed by atoms with E-state index in [0.717, 1.165) is 37.8 Å². The molecule has 20 atom stereocenters. The van der Waals surface area contributed by atoms with Gasteiger partial charge in [-0.3, -0.25) is 9.79 Å². The smallest absolute Gasteiger partial charge is 0.309 e. The second-order valence-corrected chi connectivity index (χ2v) is 22.5. The normalized spacial score (nSPS) is 44.4. The van der Waals surface area contributed by atoms with Crippen LogP contribution in [0.4, 0.5) is 0 Å². The number of fused-ring (bicyclic) bond motifs is 10. The molecule has 7 aliphatic rings. The van der Waals surface area contributed by atoms with Crippen LogP contribution in [0.1, 0.15) is 137 Å². The van der Waals surface area contributed by atoms with E-state index in [1.807, 2.05) is 13.0 Å². The van der Waals surface area contributed by atoms with Crippen LogP contribution in [-0.2, 0) is 23.7 Å². The summed E-state index contributed by atoms with van der Waals surface area (Å²) in [7, 11) is 0. The third-order valence-electron chi connectivity index (χ3n) is 16.9. The number of carbonyl (C=O) groups is 1.